The Morgan fingerprint density at radius 3 is 2.61 bits per heavy atom. The first kappa shape index (κ1) is 20.4. The van der Waals surface area contributed by atoms with E-state index in [1.165, 1.54) is 37.9 Å². The average Bonchev–Trinajstić information content (AvgIpc) is 2.73. The Hall–Kier alpha value is -2.33. The molecule has 1 N–H and O–H groups in total. The van der Waals surface area contributed by atoms with Gasteiger partial charge in [0.25, 0.3) is 5.91 Å². The highest BCUT2D eigenvalue weighted by Crippen LogP contribution is 2.20. The lowest BCUT2D eigenvalue weighted by Gasteiger charge is -2.26. The molecular weight excluding hydrogens is 348 g/mol. The summed E-state index contributed by atoms with van der Waals surface area (Å²) in [6.45, 7) is 7.79. The highest BCUT2D eigenvalue weighted by molar-refractivity contribution is 5.80. The van der Waals surface area contributed by atoms with Gasteiger partial charge in [-0.25, -0.2) is 0 Å². The molecule has 0 bridgehead atoms. The van der Waals surface area contributed by atoms with E-state index in [9.17, 15) is 4.79 Å². The standard InChI is InChI=1S/C24H32N2O2/c1-3-22-12-5-6-13-23(22)28-19(2)24(27)25-17-20-10-9-11-21(16-20)18-26-14-7-4-8-15-26/h5-6,9-13,16,19H,3-4,7-8,14-15,17-18H2,1-2H3,(H,25,27). The molecule has 1 heterocycles. The van der Waals surface area contributed by atoms with Gasteiger partial charge in [0, 0.05) is 13.1 Å². The Balaban J connectivity index is 1.51. The van der Waals surface area contributed by atoms with Crippen LogP contribution in [0.4, 0.5) is 0 Å². The highest BCUT2D eigenvalue weighted by atomic mass is 16.5. The number of nitrogens with one attached hydrogen (secondary N) is 1. The monoisotopic (exact) mass is 380 g/mol. The summed E-state index contributed by atoms with van der Waals surface area (Å²) in [5.74, 6) is 0.698. The van der Waals surface area contributed by atoms with E-state index in [2.05, 4.69) is 41.4 Å². The molecule has 1 fully saturated rings. The molecule has 0 aromatic heterocycles. The number of piperidine rings is 1. The maximum atomic E-state index is 12.5. The second-order valence-corrected chi connectivity index (χ2v) is 7.60. The number of hydrogen-bond acceptors (Lipinski definition) is 3. The molecule has 0 aliphatic carbocycles. The van der Waals surface area contributed by atoms with Crippen LogP contribution in [0.2, 0.25) is 0 Å². The van der Waals surface area contributed by atoms with Crippen LogP contribution in [-0.2, 0) is 24.3 Å². The summed E-state index contributed by atoms with van der Waals surface area (Å²) >= 11 is 0. The number of nitrogens with zero attached hydrogens (tertiary/aromatic N) is 1. The van der Waals surface area contributed by atoms with E-state index in [1.54, 1.807) is 6.92 Å². The van der Waals surface area contributed by atoms with Gasteiger partial charge in [-0.2, -0.15) is 0 Å². The molecular formula is C24H32N2O2. The molecule has 2 aromatic rings. The van der Waals surface area contributed by atoms with Crippen LogP contribution in [0.25, 0.3) is 0 Å². The summed E-state index contributed by atoms with van der Waals surface area (Å²) in [5.41, 5.74) is 3.56. The molecule has 4 heteroatoms. The summed E-state index contributed by atoms with van der Waals surface area (Å²) in [5, 5.41) is 3.01. The molecule has 150 valence electrons. The van der Waals surface area contributed by atoms with Crippen molar-refractivity contribution in [3.05, 3.63) is 65.2 Å². The van der Waals surface area contributed by atoms with Crippen LogP contribution in [0.1, 0.15) is 49.8 Å². The van der Waals surface area contributed by atoms with E-state index >= 15 is 0 Å². The molecule has 1 atom stereocenters. The molecule has 1 aliphatic rings. The molecule has 1 aliphatic heterocycles. The predicted octanol–water partition coefficient (Wildman–Crippen LogP) is 4.32. The van der Waals surface area contributed by atoms with Gasteiger partial charge in [0.1, 0.15) is 5.75 Å². The first-order chi connectivity index (χ1) is 13.7. The SMILES string of the molecule is CCc1ccccc1OC(C)C(=O)NCc1cccc(CN2CCCCC2)c1. The van der Waals surface area contributed by atoms with Gasteiger partial charge in [-0.1, -0.05) is 55.8 Å². The summed E-state index contributed by atoms with van der Waals surface area (Å²) in [4.78, 5) is 15.0. The topological polar surface area (TPSA) is 41.6 Å². The third kappa shape index (κ3) is 5.83. The van der Waals surface area contributed by atoms with Crippen molar-refractivity contribution in [1.82, 2.24) is 10.2 Å². The summed E-state index contributed by atoms with van der Waals surface area (Å²) in [6, 6.07) is 16.4. The van der Waals surface area contributed by atoms with E-state index in [1.807, 2.05) is 24.3 Å². The number of benzene rings is 2. The van der Waals surface area contributed by atoms with Crippen LogP contribution in [0.15, 0.2) is 48.5 Å². The van der Waals surface area contributed by atoms with Gasteiger partial charge >= 0.3 is 0 Å². The second-order valence-electron chi connectivity index (χ2n) is 7.60. The van der Waals surface area contributed by atoms with E-state index in [0.29, 0.717) is 6.54 Å². The zero-order chi connectivity index (χ0) is 19.8. The van der Waals surface area contributed by atoms with Crippen molar-refractivity contribution in [2.45, 2.75) is 58.7 Å². The first-order valence-electron chi connectivity index (χ1n) is 10.5. The molecule has 1 unspecified atom stereocenters. The Kier molecular flexibility index (Phi) is 7.49. The normalized spacial score (nSPS) is 15.8. The molecule has 1 amide bonds. The number of amides is 1. The van der Waals surface area contributed by atoms with Gasteiger partial charge in [-0.05, 0) is 62.0 Å². The van der Waals surface area contributed by atoms with Crippen molar-refractivity contribution < 1.29 is 9.53 Å². The van der Waals surface area contributed by atoms with Crippen molar-refractivity contribution >= 4 is 5.91 Å². The molecule has 1 saturated heterocycles. The third-order valence-electron chi connectivity index (χ3n) is 5.34. The average molecular weight is 381 g/mol. The quantitative estimate of drug-likeness (QED) is 0.742. The highest BCUT2D eigenvalue weighted by Gasteiger charge is 2.16. The maximum Gasteiger partial charge on any atom is 0.261 e. The minimum atomic E-state index is -0.524. The molecule has 3 rings (SSSR count). The summed E-state index contributed by atoms with van der Waals surface area (Å²) in [6.07, 6.45) is 4.31. The lowest BCUT2D eigenvalue weighted by molar-refractivity contribution is -0.127. The molecule has 4 nitrogen and oxygen atoms in total. The number of rotatable bonds is 8. The Labute approximate surface area is 168 Å². The van der Waals surface area contributed by atoms with Gasteiger partial charge in [0.05, 0.1) is 0 Å². The molecule has 0 radical (unpaired) electrons. The predicted molar refractivity (Wildman–Crippen MR) is 113 cm³/mol. The molecule has 2 aromatic carbocycles. The zero-order valence-electron chi connectivity index (χ0n) is 17.1. The fraction of sp³-hybridized carbons (Fsp3) is 0.458. The lowest BCUT2D eigenvalue weighted by Crippen LogP contribution is -2.36. The van der Waals surface area contributed by atoms with Crippen LogP contribution in [0.3, 0.4) is 0 Å². The number of carbonyl (C=O) groups excluding carboxylic acids is 1. The number of likely N-dealkylation sites (tertiary alicyclic amines) is 1. The van der Waals surface area contributed by atoms with Crippen LogP contribution < -0.4 is 10.1 Å². The maximum absolute atomic E-state index is 12.5. The number of hydrogen-bond donors (Lipinski definition) is 1. The number of aryl methyl sites for hydroxylation is 1. The van der Waals surface area contributed by atoms with Crippen LogP contribution >= 0.6 is 0 Å². The molecule has 28 heavy (non-hydrogen) atoms. The number of ether oxygens (including phenoxy) is 1. The zero-order valence-corrected chi connectivity index (χ0v) is 17.1. The van der Waals surface area contributed by atoms with Crippen molar-refractivity contribution in [2.75, 3.05) is 13.1 Å². The van der Waals surface area contributed by atoms with E-state index in [0.717, 1.165) is 29.8 Å². The van der Waals surface area contributed by atoms with Crippen LogP contribution in [-0.4, -0.2) is 30.0 Å². The van der Waals surface area contributed by atoms with Gasteiger partial charge in [-0.15, -0.1) is 0 Å². The van der Waals surface area contributed by atoms with Crippen molar-refractivity contribution in [1.29, 1.82) is 0 Å². The number of para-hydroxylation sites is 1. The number of carbonyl (C=O) groups is 1. The fourth-order valence-electron chi connectivity index (χ4n) is 3.70. The first-order valence-corrected chi connectivity index (χ1v) is 10.5. The minimum Gasteiger partial charge on any atom is -0.481 e. The fourth-order valence-corrected chi connectivity index (χ4v) is 3.70. The van der Waals surface area contributed by atoms with Gasteiger partial charge in [-0.3, -0.25) is 9.69 Å². The Morgan fingerprint density at radius 2 is 1.82 bits per heavy atom. The summed E-state index contributed by atoms with van der Waals surface area (Å²) < 4.78 is 5.89. The largest absolute Gasteiger partial charge is 0.481 e. The van der Waals surface area contributed by atoms with Crippen LogP contribution in [0.5, 0.6) is 5.75 Å². The second kappa shape index (κ2) is 10.3. The Morgan fingerprint density at radius 1 is 1.07 bits per heavy atom. The Bertz CT molecular complexity index is 769. The smallest absolute Gasteiger partial charge is 0.261 e. The summed E-state index contributed by atoms with van der Waals surface area (Å²) in [7, 11) is 0. The third-order valence-corrected chi connectivity index (χ3v) is 5.34. The van der Waals surface area contributed by atoms with E-state index in [4.69, 9.17) is 4.74 Å². The van der Waals surface area contributed by atoms with Gasteiger partial charge in [0.15, 0.2) is 6.10 Å². The molecule has 0 saturated carbocycles. The molecule has 0 spiro atoms. The van der Waals surface area contributed by atoms with Crippen molar-refractivity contribution in [2.24, 2.45) is 0 Å². The van der Waals surface area contributed by atoms with E-state index in [-0.39, 0.29) is 5.91 Å². The van der Waals surface area contributed by atoms with E-state index < -0.39 is 6.10 Å². The van der Waals surface area contributed by atoms with Crippen molar-refractivity contribution in [3.63, 3.8) is 0 Å². The van der Waals surface area contributed by atoms with Crippen LogP contribution in [0, 0.1) is 0 Å². The van der Waals surface area contributed by atoms with Gasteiger partial charge < -0.3 is 10.1 Å². The minimum absolute atomic E-state index is 0.0904. The van der Waals surface area contributed by atoms with Crippen molar-refractivity contribution in [3.8, 4) is 5.75 Å². The lowest BCUT2D eigenvalue weighted by atomic mass is 10.1. The van der Waals surface area contributed by atoms with Gasteiger partial charge in [0.2, 0.25) is 0 Å².